The Labute approximate surface area is 127 Å². The fourth-order valence-corrected chi connectivity index (χ4v) is 2.58. The Hall–Kier alpha value is -1.75. The number of hydrogen-bond acceptors (Lipinski definition) is 4. The molecule has 4 nitrogen and oxygen atoms in total. The van der Waals surface area contributed by atoms with Gasteiger partial charge in [-0.3, -0.25) is 4.98 Å². The maximum Gasteiger partial charge on any atom is 0.145 e. The number of benzene rings is 1. The van der Waals surface area contributed by atoms with Crippen LogP contribution in [-0.4, -0.2) is 12.1 Å². The molecule has 2 aromatic rings. The van der Waals surface area contributed by atoms with E-state index in [0.29, 0.717) is 18.0 Å². The van der Waals surface area contributed by atoms with Crippen molar-refractivity contribution in [3.8, 4) is 11.5 Å². The monoisotopic (exact) mass is 336 g/mol. The van der Waals surface area contributed by atoms with Gasteiger partial charge in [0, 0.05) is 22.3 Å². The van der Waals surface area contributed by atoms with E-state index in [0.717, 1.165) is 27.2 Å². The van der Waals surface area contributed by atoms with Gasteiger partial charge >= 0.3 is 0 Å². The lowest BCUT2D eigenvalue weighted by molar-refractivity contribution is 0.299. The molecular weight excluding hydrogens is 320 g/mol. The number of aryl methyl sites for hydroxylation is 2. The van der Waals surface area contributed by atoms with Crippen LogP contribution in [0.1, 0.15) is 17.0 Å². The number of methoxy groups -OCH3 is 1. The third kappa shape index (κ3) is 3.42. The van der Waals surface area contributed by atoms with E-state index in [-0.39, 0.29) is 0 Å². The van der Waals surface area contributed by atoms with Crippen molar-refractivity contribution in [3.05, 3.63) is 45.7 Å². The fourth-order valence-electron chi connectivity index (χ4n) is 1.99. The number of hydrogen-bond donors (Lipinski definition) is 1. The molecular formula is C15H17BrN2O2. The Morgan fingerprint density at radius 2 is 1.95 bits per heavy atom. The summed E-state index contributed by atoms with van der Waals surface area (Å²) >= 11 is 3.41. The number of halogens is 1. The molecule has 0 aliphatic heterocycles. The highest BCUT2D eigenvalue weighted by molar-refractivity contribution is 9.10. The summed E-state index contributed by atoms with van der Waals surface area (Å²) in [5, 5.41) is 0. The molecule has 1 aromatic carbocycles. The van der Waals surface area contributed by atoms with Crippen LogP contribution in [0.4, 0.5) is 5.69 Å². The van der Waals surface area contributed by atoms with E-state index in [2.05, 4.69) is 20.9 Å². The minimum Gasteiger partial charge on any atom is -0.497 e. The standard InChI is InChI=1S/C15H17BrN2O2/c1-9-4-11(16)6-14(17)15(9)20-8-12-7-13(19-3)5-10(2)18-12/h4-7H,8,17H2,1-3H3. The zero-order valence-electron chi connectivity index (χ0n) is 11.7. The van der Waals surface area contributed by atoms with Gasteiger partial charge in [-0.1, -0.05) is 15.9 Å². The Morgan fingerprint density at radius 3 is 2.60 bits per heavy atom. The van der Waals surface area contributed by atoms with Crippen molar-refractivity contribution < 1.29 is 9.47 Å². The number of nitrogens with zero attached hydrogens (tertiary/aromatic N) is 1. The zero-order chi connectivity index (χ0) is 14.7. The molecule has 2 rings (SSSR count). The third-order valence-corrected chi connectivity index (χ3v) is 3.31. The number of nitrogen functional groups attached to an aromatic ring is 1. The molecule has 0 atom stereocenters. The summed E-state index contributed by atoms with van der Waals surface area (Å²) in [4.78, 5) is 4.42. The first-order valence-electron chi connectivity index (χ1n) is 6.19. The van der Waals surface area contributed by atoms with Gasteiger partial charge in [0.25, 0.3) is 0 Å². The van der Waals surface area contributed by atoms with Crippen LogP contribution < -0.4 is 15.2 Å². The SMILES string of the molecule is COc1cc(C)nc(COc2c(C)cc(Br)cc2N)c1. The maximum absolute atomic E-state index is 5.97. The molecule has 0 amide bonds. The molecule has 0 saturated carbocycles. The van der Waals surface area contributed by atoms with Crippen LogP contribution in [0.15, 0.2) is 28.7 Å². The molecule has 106 valence electrons. The summed E-state index contributed by atoms with van der Waals surface area (Å²) in [7, 11) is 1.64. The molecule has 0 aliphatic carbocycles. The maximum atomic E-state index is 5.97. The third-order valence-electron chi connectivity index (χ3n) is 2.85. The molecule has 1 aromatic heterocycles. The first-order chi connectivity index (χ1) is 9.49. The van der Waals surface area contributed by atoms with E-state index in [1.165, 1.54) is 0 Å². The van der Waals surface area contributed by atoms with Gasteiger partial charge < -0.3 is 15.2 Å². The van der Waals surface area contributed by atoms with Gasteiger partial charge in [0.2, 0.25) is 0 Å². The average molecular weight is 337 g/mol. The summed E-state index contributed by atoms with van der Waals surface area (Å²) in [6.07, 6.45) is 0. The number of nitrogens with two attached hydrogens (primary N) is 1. The van der Waals surface area contributed by atoms with E-state index < -0.39 is 0 Å². The summed E-state index contributed by atoms with van der Waals surface area (Å²) < 4.78 is 12.0. The second kappa shape index (κ2) is 6.13. The normalized spacial score (nSPS) is 10.4. The van der Waals surface area contributed by atoms with Crippen LogP contribution in [0, 0.1) is 13.8 Å². The molecule has 0 saturated heterocycles. The Morgan fingerprint density at radius 1 is 1.20 bits per heavy atom. The summed E-state index contributed by atoms with van der Waals surface area (Å²) in [6, 6.07) is 7.53. The molecule has 0 radical (unpaired) electrons. The average Bonchev–Trinajstić information content (AvgIpc) is 2.36. The van der Waals surface area contributed by atoms with E-state index in [1.807, 2.05) is 38.1 Å². The van der Waals surface area contributed by atoms with Crippen molar-refractivity contribution >= 4 is 21.6 Å². The highest BCUT2D eigenvalue weighted by Crippen LogP contribution is 2.30. The summed E-state index contributed by atoms with van der Waals surface area (Å²) in [5.74, 6) is 1.46. The molecule has 0 unspecified atom stereocenters. The Bertz CT molecular complexity index is 606. The Kier molecular flexibility index (Phi) is 4.49. The van der Waals surface area contributed by atoms with Gasteiger partial charge in [-0.05, 0) is 31.5 Å². The molecule has 0 spiro atoms. The van der Waals surface area contributed by atoms with E-state index in [4.69, 9.17) is 15.2 Å². The van der Waals surface area contributed by atoms with Gasteiger partial charge in [0.15, 0.2) is 0 Å². The smallest absolute Gasteiger partial charge is 0.145 e. The van der Waals surface area contributed by atoms with E-state index >= 15 is 0 Å². The minimum atomic E-state index is 0.352. The van der Waals surface area contributed by atoms with Crippen molar-refractivity contribution in [2.24, 2.45) is 0 Å². The molecule has 0 aliphatic rings. The fraction of sp³-hybridized carbons (Fsp3) is 0.267. The number of ether oxygens (including phenoxy) is 2. The van der Waals surface area contributed by atoms with Crippen LogP contribution in [0.5, 0.6) is 11.5 Å². The van der Waals surface area contributed by atoms with E-state index in [9.17, 15) is 0 Å². The van der Waals surface area contributed by atoms with Crippen molar-refractivity contribution in [3.63, 3.8) is 0 Å². The van der Waals surface area contributed by atoms with Crippen LogP contribution >= 0.6 is 15.9 Å². The highest BCUT2D eigenvalue weighted by Gasteiger charge is 2.08. The van der Waals surface area contributed by atoms with Crippen molar-refractivity contribution in [1.82, 2.24) is 4.98 Å². The molecule has 20 heavy (non-hydrogen) atoms. The van der Waals surface area contributed by atoms with Gasteiger partial charge in [-0.15, -0.1) is 0 Å². The molecule has 0 fully saturated rings. The lowest BCUT2D eigenvalue weighted by Crippen LogP contribution is -2.03. The quantitative estimate of drug-likeness (QED) is 0.866. The molecule has 0 bridgehead atoms. The second-order valence-electron chi connectivity index (χ2n) is 4.57. The van der Waals surface area contributed by atoms with Gasteiger partial charge in [-0.25, -0.2) is 0 Å². The lowest BCUT2D eigenvalue weighted by Gasteiger charge is -2.13. The summed E-state index contributed by atoms with van der Waals surface area (Å²) in [5.41, 5.74) is 9.26. The molecule has 5 heteroatoms. The largest absolute Gasteiger partial charge is 0.497 e. The van der Waals surface area contributed by atoms with Crippen molar-refractivity contribution in [1.29, 1.82) is 0 Å². The van der Waals surface area contributed by atoms with Crippen LogP contribution in [-0.2, 0) is 6.61 Å². The molecule has 1 heterocycles. The number of pyridine rings is 1. The highest BCUT2D eigenvalue weighted by atomic mass is 79.9. The zero-order valence-corrected chi connectivity index (χ0v) is 13.3. The number of anilines is 1. The predicted octanol–water partition coefficient (Wildman–Crippen LogP) is 3.63. The minimum absolute atomic E-state index is 0.352. The Balaban J connectivity index is 2.19. The van der Waals surface area contributed by atoms with Crippen LogP contribution in [0.25, 0.3) is 0 Å². The van der Waals surface area contributed by atoms with Crippen molar-refractivity contribution in [2.45, 2.75) is 20.5 Å². The lowest BCUT2D eigenvalue weighted by atomic mass is 10.2. The summed E-state index contributed by atoms with van der Waals surface area (Å²) in [6.45, 7) is 4.23. The first kappa shape index (κ1) is 14.7. The number of aromatic nitrogens is 1. The van der Waals surface area contributed by atoms with Crippen LogP contribution in [0.3, 0.4) is 0 Å². The van der Waals surface area contributed by atoms with Gasteiger partial charge in [-0.2, -0.15) is 0 Å². The first-order valence-corrected chi connectivity index (χ1v) is 6.99. The van der Waals surface area contributed by atoms with Gasteiger partial charge in [0.1, 0.15) is 18.1 Å². The number of rotatable bonds is 4. The van der Waals surface area contributed by atoms with Crippen LogP contribution in [0.2, 0.25) is 0 Å². The topological polar surface area (TPSA) is 57.4 Å². The molecule has 2 N–H and O–H groups in total. The second-order valence-corrected chi connectivity index (χ2v) is 5.49. The van der Waals surface area contributed by atoms with E-state index in [1.54, 1.807) is 7.11 Å². The van der Waals surface area contributed by atoms with Crippen molar-refractivity contribution in [2.75, 3.05) is 12.8 Å². The van der Waals surface area contributed by atoms with Gasteiger partial charge in [0.05, 0.1) is 18.5 Å². The predicted molar refractivity (Wildman–Crippen MR) is 83.1 cm³/mol.